The van der Waals surface area contributed by atoms with Crippen molar-refractivity contribution in [3.8, 4) is 0 Å². The first-order chi connectivity index (χ1) is 11.5. The number of piperazine rings is 1. The van der Waals surface area contributed by atoms with E-state index in [-0.39, 0.29) is 5.69 Å². The molecule has 0 atom stereocenters. The number of benzene rings is 1. The fraction of sp³-hybridized carbons (Fsp3) is 0.312. The Balaban J connectivity index is 1.58. The van der Waals surface area contributed by atoms with Crippen LogP contribution >= 0.6 is 23.2 Å². The van der Waals surface area contributed by atoms with Crippen LogP contribution in [0.3, 0.4) is 0 Å². The van der Waals surface area contributed by atoms with Crippen LogP contribution in [0.2, 0.25) is 10.0 Å². The van der Waals surface area contributed by atoms with E-state index in [1.807, 2.05) is 12.1 Å². The second kappa shape index (κ2) is 7.34. The number of rotatable bonds is 4. The number of halogens is 2. The number of aromatic nitrogens is 2. The predicted octanol–water partition coefficient (Wildman–Crippen LogP) is 2.80. The van der Waals surface area contributed by atoms with E-state index in [1.54, 1.807) is 12.1 Å². The van der Waals surface area contributed by atoms with E-state index in [2.05, 4.69) is 20.0 Å². The van der Waals surface area contributed by atoms with Crippen LogP contribution in [0.5, 0.6) is 0 Å². The van der Waals surface area contributed by atoms with Crippen molar-refractivity contribution in [1.82, 2.24) is 15.1 Å². The van der Waals surface area contributed by atoms with E-state index in [1.165, 1.54) is 6.07 Å². The highest BCUT2D eigenvalue weighted by atomic mass is 35.5. The maximum atomic E-state index is 10.8. The third-order valence-corrected chi connectivity index (χ3v) is 4.56. The standard InChI is InChI=1S/C16H16Cl2N4O2/c17-12-2-1-11(13(18)9-12)10-21-5-7-22(8-6-21)15-4-3-14(16(23)24)19-20-15/h1-4,9H,5-8,10H2,(H,23,24). The molecule has 1 fully saturated rings. The average molecular weight is 367 g/mol. The van der Waals surface area contributed by atoms with E-state index in [9.17, 15) is 4.79 Å². The van der Waals surface area contributed by atoms with Crippen molar-refractivity contribution >= 4 is 35.0 Å². The van der Waals surface area contributed by atoms with Gasteiger partial charge in [0.05, 0.1) is 0 Å². The molecule has 126 valence electrons. The van der Waals surface area contributed by atoms with E-state index < -0.39 is 5.97 Å². The summed E-state index contributed by atoms with van der Waals surface area (Å²) in [6.45, 7) is 4.09. The van der Waals surface area contributed by atoms with Crippen LogP contribution in [-0.2, 0) is 6.54 Å². The monoisotopic (exact) mass is 366 g/mol. The highest BCUT2D eigenvalue weighted by Gasteiger charge is 2.19. The SMILES string of the molecule is O=C(O)c1ccc(N2CCN(Cc3ccc(Cl)cc3Cl)CC2)nn1. The van der Waals surface area contributed by atoms with E-state index in [4.69, 9.17) is 28.3 Å². The molecule has 2 aromatic rings. The Morgan fingerprint density at radius 2 is 1.83 bits per heavy atom. The molecule has 1 saturated heterocycles. The van der Waals surface area contributed by atoms with Crippen molar-refractivity contribution in [3.63, 3.8) is 0 Å². The summed E-state index contributed by atoms with van der Waals surface area (Å²) < 4.78 is 0. The molecule has 1 aromatic carbocycles. The largest absolute Gasteiger partial charge is 0.476 e. The van der Waals surface area contributed by atoms with E-state index in [0.29, 0.717) is 15.9 Å². The van der Waals surface area contributed by atoms with Gasteiger partial charge in [0.15, 0.2) is 11.5 Å². The fourth-order valence-corrected chi connectivity index (χ4v) is 3.10. The minimum Gasteiger partial charge on any atom is -0.476 e. The van der Waals surface area contributed by atoms with Crippen molar-refractivity contribution in [2.24, 2.45) is 0 Å². The molecule has 3 rings (SSSR count). The minimum absolute atomic E-state index is 0.0465. The van der Waals surface area contributed by atoms with Crippen molar-refractivity contribution < 1.29 is 9.90 Å². The average Bonchev–Trinajstić information content (AvgIpc) is 2.58. The number of hydrogen-bond acceptors (Lipinski definition) is 5. The molecule has 0 unspecified atom stereocenters. The Kier molecular flexibility index (Phi) is 5.18. The van der Waals surface area contributed by atoms with Crippen LogP contribution in [0.15, 0.2) is 30.3 Å². The van der Waals surface area contributed by atoms with Gasteiger partial charge in [-0.25, -0.2) is 4.79 Å². The second-order valence-electron chi connectivity index (χ2n) is 5.58. The number of carboxylic acids is 1. The maximum Gasteiger partial charge on any atom is 0.356 e. The summed E-state index contributed by atoms with van der Waals surface area (Å²) in [5.74, 6) is -0.372. The Morgan fingerprint density at radius 3 is 2.42 bits per heavy atom. The van der Waals surface area contributed by atoms with Gasteiger partial charge in [0, 0.05) is 42.8 Å². The summed E-state index contributed by atoms with van der Waals surface area (Å²) in [5, 5.41) is 17.9. The molecule has 0 radical (unpaired) electrons. The van der Waals surface area contributed by atoms with Crippen LogP contribution in [-0.4, -0.2) is 52.4 Å². The molecule has 0 saturated carbocycles. The Morgan fingerprint density at radius 1 is 1.08 bits per heavy atom. The summed E-state index contributed by atoms with van der Waals surface area (Å²) in [7, 11) is 0. The predicted molar refractivity (Wildman–Crippen MR) is 92.9 cm³/mol. The molecule has 0 amide bonds. The van der Waals surface area contributed by atoms with Gasteiger partial charge in [-0.15, -0.1) is 10.2 Å². The lowest BCUT2D eigenvalue weighted by atomic mass is 10.2. The maximum absolute atomic E-state index is 10.8. The third-order valence-electron chi connectivity index (χ3n) is 3.97. The van der Waals surface area contributed by atoms with Gasteiger partial charge in [0.25, 0.3) is 0 Å². The van der Waals surface area contributed by atoms with Crippen molar-refractivity contribution in [1.29, 1.82) is 0 Å². The summed E-state index contributed by atoms with van der Waals surface area (Å²) in [6.07, 6.45) is 0. The van der Waals surface area contributed by atoms with Gasteiger partial charge in [-0.05, 0) is 29.8 Å². The molecule has 1 aromatic heterocycles. The zero-order valence-electron chi connectivity index (χ0n) is 12.8. The molecule has 8 heteroatoms. The first kappa shape index (κ1) is 17.0. The molecule has 1 aliphatic rings. The Bertz CT molecular complexity index is 731. The number of carboxylic acid groups (broad SMARTS) is 1. The van der Waals surface area contributed by atoms with Crippen molar-refractivity contribution in [3.05, 3.63) is 51.6 Å². The zero-order chi connectivity index (χ0) is 17.1. The fourth-order valence-electron chi connectivity index (χ4n) is 2.63. The molecular formula is C16H16Cl2N4O2. The molecule has 6 nitrogen and oxygen atoms in total. The van der Waals surface area contributed by atoms with Gasteiger partial charge in [0.1, 0.15) is 0 Å². The first-order valence-electron chi connectivity index (χ1n) is 7.51. The van der Waals surface area contributed by atoms with Gasteiger partial charge in [-0.3, -0.25) is 4.90 Å². The lowest BCUT2D eigenvalue weighted by Gasteiger charge is -2.35. The minimum atomic E-state index is -1.07. The van der Waals surface area contributed by atoms with Gasteiger partial charge >= 0.3 is 5.97 Å². The first-order valence-corrected chi connectivity index (χ1v) is 8.27. The van der Waals surface area contributed by atoms with Crippen LogP contribution < -0.4 is 4.90 Å². The quantitative estimate of drug-likeness (QED) is 0.896. The normalized spacial score (nSPS) is 15.5. The van der Waals surface area contributed by atoms with Crippen molar-refractivity contribution in [2.75, 3.05) is 31.1 Å². The third kappa shape index (κ3) is 3.95. The van der Waals surface area contributed by atoms with Crippen molar-refractivity contribution in [2.45, 2.75) is 6.54 Å². The molecule has 0 bridgehead atoms. The topological polar surface area (TPSA) is 69.6 Å². The summed E-state index contributed by atoms with van der Waals surface area (Å²) >= 11 is 12.1. The van der Waals surface area contributed by atoms with Crippen LogP contribution in [0, 0.1) is 0 Å². The van der Waals surface area contributed by atoms with Crippen LogP contribution in [0.25, 0.3) is 0 Å². The highest BCUT2D eigenvalue weighted by molar-refractivity contribution is 6.35. The Hall–Kier alpha value is -1.89. The molecular weight excluding hydrogens is 351 g/mol. The number of nitrogens with zero attached hydrogens (tertiary/aromatic N) is 4. The highest BCUT2D eigenvalue weighted by Crippen LogP contribution is 2.23. The van der Waals surface area contributed by atoms with Crippen LogP contribution in [0.1, 0.15) is 16.1 Å². The summed E-state index contributed by atoms with van der Waals surface area (Å²) in [4.78, 5) is 15.2. The molecule has 24 heavy (non-hydrogen) atoms. The lowest BCUT2D eigenvalue weighted by Crippen LogP contribution is -2.46. The van der Waals surface area contributed by atoms with Gasteiger partial charge < -0.3 is 10.0 Å². The summed E-state index contributed by atoms with van der Waals surface area (Å²) in [5.41, 5.74) is 1.01. The van der Waals surface area contributed by atoms with Crippen LogP contribution in [0.4, 0.5) is 5.82 Å². The number of aromatic carboxylic acids is 1. The van der Waals surface area contributed by atoms with Gasteiger partial charge in [0.2, 0.25) is 0 Å². The molecule has 1 N–H and O–H groups in total. The van der Waals surface area contributed by atoms with Gasteiger partial charge in [-0.1, -0.05) is 29.3 Å². The summed E-state index contributed by atoms with van der Waals surface area (Å²) in [6, 6.07) is 8.73. The van der Waals surface area contributed by atoms with Gasteiger partial charge in [-0.2, -0.15) is 0 Å². The molecule has 0 spiro atoms. The molecule has 0 aliphatic carbocycles. The number of hydrogen-bond donors (Lipinski definition) is 1. The molecule has 2 heterocycles. The number of anilines is 1. The second-order valence-corrected chi connectivity index (χ2v) is 6.42. The van der Waals surface area contributed by atoms with E-state index >= 15 is 0 Å². The van der Waals surface area contributed by atoms with E-state index in [0.717, 1.165) is 38.3 Å². The zero-order valence-corrected chi connectivity index (χ0v) is 14.3. The smallest absolute Gasteiger partial charge is 0.356 e. The Labute approximate surface area is 149 Å². The molecule has 1 aliphatic heterocycles. The number of carbonyl (C=O) groups is 1. The lowest BCUT2D eigenvalue weighted by molar-refractivity contribution is 0.0689.